The standard InChI is InChI=1S/C22H20N4O3/c27-21(26-12-19-18(23-13-24-19)9-20(26)22(28)29)14-6-3-7-17(8-14)25-10-15-4-1-2-5-16(15)11-25/h1-8,13,20H,9-12H2,(H,23,24)(H,28,29)/t20-/m1/s1. The summed E-state index contributed by atoms with van der Waals surface area (Å²) in [5.74, 6) is -1.30. The number of H-pyrrole nitrogens is 1. The van der Waals surface area contributed by atoms with E-state index in [9.17, 15) is 14.7 Å². The first-order valence-corrected chi connectivity index (χ1v) is 9.57. The number of carbonyl (C=O) groups excluding carboxylic acids is 1. The molecule has 7 nitrogen and oxygen atoms in total. The first-order chi connectivity index (χ1) is 14.1. The maximum Gasteiger partial charge on any atom is 0.326 e. The number of aliphatic carboxylic acids is 1. The molecular formula is C22H20N4O3. The van der Waals surface area contributed by atoms with Gasteiger partial charge in [0, 0.05) is 30.8 Å². The molecule has 3 heterocycles. The van der Waals surface area contributed by atoms with E-state index in [-0.39, 0.29) is 18.9 Å². The molecule has 2 aromatic carbocycles. The van der Waals surface area contributed by atoms with E-state index < -0.39 is 12.0 Å². The van der Waals surface area contributed by atoms with Gasteiger partial charge in [-0.2, -0.15) is 0 Å². The number of hydrogen-bond donors (Lipinski definition) is 2. The molecule has 1 atom stereocenters. The number of carbonyl (C=O) groups is 2. The van der Waals surface area contributed by atoms with E-state index in [1.54, 1.807) is 12.4 Å². The summed E-state index contributed by atoms with van der Waals surface area (Å²) in [5.41, 5.74) is 5.54. The third kappa shape index (κ3) is 3.04. The Labute approximate surface area is 167 Å². The number of anilines is 1. The molecule has 0 bridgehead atoms. The molecule has 146 valence electrons. The maximum absolute atomic E-state index is 13.2. The quantitative estimate of drug-likeness (QED) is 0.720. The molecule has 0 radical (unpaired) electrons. The van der Waals surface area contributed by atoms with Crippen molar-refractivity contribution in [2.24, 2.45) is 0 Å². The van der Waals surface area contributed by atoms with Crippen molar-refractivity contribution in [1.29, 1.82) is 0 Å². The van der Waals surface area contributed by atoms with Crippen LogP contribution in [0.1, 0.15) is 32.9 Å². The number of carboxylic acid groups (broad SMARTS) is 1. The van der Waals surface area contributed by atoms with Gasteiger partial charge in [-0.1, -0.05) is 30.3 Å². The lowest BCUT2D eigenvalue weighted by molar-refractivity contribution is -0.142. The summed E-state index contributed by atoms with van der Waals surface area (Å²) in [6.07, 6.45) is 1.75. The third-order valence-corrected chi connectivity index (χ3v) is 5.74. The number of benzene rings is 2. The summed E-state index contributed by atoms with van der Waals surface area (Å²) < 4.78 is 0. The van der Waals surface area contributed by atoms with Crippen LogP contribution in [0.2, 0.25) is 0 Å². The number of aromatic amines is 1. The second kappa shape index (κ2) is 6.77. The number of imidazole rings is 1. The zero-order chi connectivity index (χ0) is 20.0. The number of nitrogens with zero attached hydrogens (tertiary/aromatic N) is 3. The van der Waals surface area contributed by atoms with Crippen molar-refractivity contribution in [2.45, 2.75) is 32.1 Å². The van der Waals surface area contributed by atoms with Gasteiger partial charge < -0.3 is 19.9 Å². The molecule has 3 aromatic rings. The summed E-state index contributed by atoms with van der Waals surface area (Å²) in [4.78, 5) is 35.9. The Kier molecular flexibility index (Phi) is 4.08. The number of aromatic nitrogens is 2. The second-order valence-corrected chi connectivity index (χ2v) is 7.49. The topological polar surface area (TPSA) is 89.5 Å². The predicted octanol–water partition coefficient (Wildman–Crippen LogP) is 2.58. The van der Waals surface area contributed by atoms with E-state index in [2.05, 4.69) is 27.0 Å². The van der Waals surface area contributed by atoms with Crippen molar-refractivity contribution in [3.05, 3.63) is 82.9 Å². The Balaban J connectivity index is 1.42. The molecule has 5 rings (SSSR count). The number of fused-ring (bicyclic) bond motifs is 2. The van der Waals surface area contributed by atoms with Crippen LogP contribution in [-0.4, -0.2) is 37.9 Å². The highest BCUT2D eigenvalue weighted by molar-refractivity contribution is 5.97. The highest BCUT2D eigenvalue weighted by Gasteiger charge is 2.36. The van der Waals surface area contributed by atoms with Crippen molar-refractivity contribution in [3.8, 4) is 0 Å². The average Bonchev–Trinajstić information content (AvgIpc) is 3.38. The van der Waals surface area contributed by atoms with Crippen LogP contribution in [0.15, 0.2) is 54.9 Å². The fourth-order valence-electron chi connectivity index (χ4n) is 4.19. The molecule has 0 aliphatic carbocycles. The Morgan fingerprint density at radius 3 is 2.52 bits per heavy atom. The summed E-state index contributed by atoms with van der Waals surface area (Å²) in [7, 11) is 0. The van der Waals surface area contributed by atoms with Gasteiger partial charge in [0.15, 0.2) is 0 Å². The van der Waals surface area contributed by atoms with Crippen LogP contribution in [0.5, 0.6) is 0 Å². The van der Waals surface area contributed by atoms with Gasteiger partial charge in [0.05, 0.1) is 24.3 Å². The van der Waals surface area contributed by atoms with E-state index in [1.165, 1.54) is 16.0 Å². The van der Waals surface area contributed by atoms with Gasteiger partial charge in [-0.3, -0.25) is 4.79 Å². The zero-order valence-electron chi connectivity index (χ0n) is 15.7. The van der Waals surface area contributed by atoms with Crippen LogP contribution in [-0.2, 0) is 30.8 Å². The molecular weight excluding hydrogens is 368 g/mol. The Morgan fingerprint density at radius 1 is 1.03 bits per heavy atom. The van der Waals surface area contributed by atoms with Gasteiger partial charge in [0.25, 0.3) is 5.91 Å². The largest absolute Gasteiger partial charge is 0.480 e. The first-order valence-electron chi connectivity index (χ1n) is 9.57. The highest BCUT2D eigenvalue weighted by Crippen LogP contribution is 2.30. The molecule has 2 aliphatic heterocycles. The predicted molar refractivity (Wildman–Crippen MR) is 106 cm³/mol. The minimum atomic E-state index is -1.02. The van der Waals surface area contributed by atoms with Gasteiger partial charge in [-0.15, -0.1) is 0 Å². The normalized spacial score (nSPS) is 17.7. The van der Waals surface area contributed by atoms with Gasteiger partial charge in [0.2, 0.25) is 0 Å². The van der Waals surface area contributed by atoms with Crippen LogP contribution in [0.25, 0.3) is 0 Å². The molecule has 0 spiro atoms. The summed E-state index contributed by atoms with van der Waals surface area (Å²) >= 11 is 0. The highest BCUT2D eigenvalue weighted by atomic mass is 16.4. The molecule has 2 N–H and O–H groups in total. The Morgan fingerprint density at radius 2 is 1.79 bits per heavy atom. The fourth-order valence-corrected chi connectivity index (χ4v) is 4.19. The van der Waals surface area contributed by atoms with E-state index in [0.717, 1.165) is 24.5 Å². The van der Waals surface area contributed by atoms with Crippen molar-refractivity contribution >= 4 is 17.6 Å². The molecule has 0 unspecified atom stereocenters. The van der Waals surface area contributed by atoms with Crippen LogP contribution < -0.4 is 4.90 Å². The molecule has 1 amide bonds. The van der Waals surface area contributed by atoms with Crippen molar-refractivity contribution in [2.75, 3.05) is 4.90 Å². The van der Waals surface area contributed by atoms with Crippen molar-refractivity contribution < 1.29 is 14.7 Å². The maximum atomic E-state index is 13.2. The Hall–Kier alpha value is -3.61. The Bertz CT molecular complexity index is 1080. The smallest absolute Gasteiger partial charge is 0.326 e. The number of nitrogens with one attached hydrogen (secondary N) is 1. The summed E-state index contributed by atoms with van der Waals surface area (Å²) in [5, 5.41) is 9.65. The molecule has 0 saturated heterocycles. The number of amides is 1. The van der Waals surface area contributed by atoms with Crippen molar-refractivity contribution in [1.82, 2.24) is 14.9 Å². The molecule has 29 heavy (non-hydrogen) atoms. The van der Waals surface area contributed by atoms with Crippen LogP contribution >= 0.6 is 0 Å². The van der Waals surface area contributed by atoms with Gasteiger partial charge >= 0.3 is 5.97 Å². The zero-order valence-corrected chi connectivity index (χ0v) is 15.7. The van der Waals surface area contributed by atoms with E-state index in [4.69, 9.17) is 0 Å². The van der Waals surface area contributed by atoms with Gasteiger partial charge in [-0.05, 0) is 29.3 Å². The number of carboxylic acids is 1. The average molecular weight is 388 g/mol. The molecule has 1 aromatic heterocycles. The van der Waals surface area contributed by atoms with E-state index in [0.29, 0.717) is 11.3 Å². The van der Waals surface area contributed by atoms with Crippen molar-refractivity contribution in [3.63, 3.8) is 0 Å². The SMILES string of the molecule is O=C(O)[C@H]1Cc2nc[nH]c2CN1C(=O)c1cccc(N2Cc3ccccc3C2)c1. The summed E-state index contributed by atoms with van der Waals surface area (Å²) in [6.45, 7) is 1.81. The van der Waals surface area contributed by atoms with Crippen LogP contribution in [0.4, 0.5) is 5.69 Å². The van der Waals surface area contributed by atoms with Gasteiger partial charge in [0.1, 0.15) is 6.04 Å². The third-order valence-electron chi connectivity index (χ3n) is 5.74. The van der Waals surface area contributed by atoms with E-state index in [1.807, 2.05) is 30.3 Å². The van der Waals surface area contributed by atoms with Gasteiger partial charge in [-0.25, -0.2) is 9.78 Å². The monoisotopic (exact) mass is 388 g/mol. The lowest BCUT2D eigenvalue weighted by atomic mass is 10.0. The number of hydrogen-bond acceptors (Lipinski definition) is 4. The first kappa shape index (κ1) is 17.5. The lowest BCUT2D eigenvalue weighted by Gasteiger charge is -2.32. The summed E-state index contributed by atoms with van der Waals surface area (Å²) in [6, 6.07) is 14.8. The molecule has 2 aliphatic rings. The molecule has 0 fully saturated rings. The fraction of sp³-hybridized carbons (Fsp3) is 0.227. The minimum Gasteiger partial charge on any atom is -0.480 e. The molecule has 0 saturated carbocycles. The second-order valence-electron chi connectivity index (χ2n) is 7.49. The lowest BCUT2D eigenvalue weighted by Crippen LogP contribution is -2.48. The van der Waals surface area contributed by atoms with Crippen LogP contribution in [0.3, 0.4) is 0 Å². The minimum absolute atomic E-state index is 0.209. The van der Waals surface area contributed by atoms with Crippen LogP contribution in [0, 0.1) is 0 Å². The number of rotatable bonds is 3. The van der Waals surface area contributed by atoms with E-state index >= 15 is 0 Å². The molecule has 7 heteroatoms.